The fourth-order valence-electron chi connectivity index (χ4n) is 4.82. The fraction of sp³-hybridized carbons (Fsp3) is 0.667. The van der Waals surface area contributed by atoms with Gasteiger partial charge in [0.25, 0.3) is 0 Å². The second kappa shape index (κ2) is 5.28. The van der Waals surface area contributed by atoms with Crippen LogP contribution in [0.3, 0.4) is 0 Å². The molecule has 0 radical (unpaired) electrons. The van der Waals surface area contributed by atoms with Crippen LogP contribution >= 0.6 is 0 Å². The standard InChI is InChI=1S/C18H25FN2/c1-13-2-5-17(16(19)10-13)20-6-8-21(9-7-20)18-12-14-3-4-15(18)11-14/h2,5,10,14-15,18H,3-4,6-9,11-12H2,1H3. The van der Waals surface area contributed by atoms with Gasteiger partial charge in [0.1, 0.15) is 5.82 Å². The SMILES string of the molecule is Cc1ccc(N2CCN(C3CC4CCC3C4)CC2)c(F)c1. The van der Waals surface area contributed by atoms with Crippen molar-refractivity contribution >= 4 is 5.69 Å². The lowest BCUT2D eigenvalue weighted by molar-refractivity contribution is 0.134. The third-order valence-corrected chi connectivity index (χ3v) is 5.93. The van der Waals surface area contributed by atoms with Gasteiger partial charge in [0, 0.05) is 32.2 Å². The number of benzene rings is 1. The van der Waals surface area contributed by atoms with Crippen molar-refractivity contribution in [3.63, 3.8) is 0 Å². The van der Waals surface area contributed by atoms with E-state index in [1.165, 1.54) is 25.7 Å². The van der Waals surface area contributed by atoms with Crippen LogP contribution in [-0.4, -0.2) is 37.1 Å². The highest BCUT2D eigenvalue weighted by molar-refractivity contribution is 5.49. The molecule has 0 aromatic heterocycles. The van der Waals surface area contributed by atoms with Gasteiger partial charge in [0.05, 0.1) is 5.69 Å². The monoisotopic (exact) mass is 288 g/mol. The third kappa shape index (κ3) is 2.46. The largest absolute Gasteiger partial charge is 0.367 e. The first kappa shape index (κ1) is 13.6. The summed E-state index contributed by atoms with van der Waals surface area (Å²) >= 11 is 0. The zero-order valence-corrected chi connectivity index (χ0v) is 12.9. The molecule has 1 saturated heterocycles. The Kier molecular flexibility index (Phi) is 3.41. The first-order valence-corrected chi connectivity index (χ1v) is 8.46. The summed E-state index contributed by atoms with van der Waals surface area (Å²) in [6, 6.07) is 6.43. The number of halogens is 1. The minimum Gasteiger partial charge on any atom is -0.367 e. The Labute approximate surface area is 126 Å². The summed E-state index contributed by atoms with van der Waals surface area (Å²) in [6.45, 7) is 6.07. The van der Waals surface area contributed by atoms with E-state index in [9.17, 15) is 4.39 Å². The average molecular weight is 288 g/mol. The van der Waals surface area contributed by atoms with Crippen molar-refractivity contribution in [2.45, 2.75) is 38.6 Å². The minimum absolute atomic E-state index is 0.0663. The highest BCUT2D eigenvalue weighted by Crippen LogP contribution is 2.46. The summed E-state index contributed by atoms with van der Waals surface area (Å²) in [4.78, 5) is 4.91. The van der Waals surface area contributed by atoms with Crippen LogP contribution in [0.1, 0.15) is 31.2 Å². The molecule has 2 bridgehead atoms. The zero-order valence-electron chi connectivity index (χ0n) is 12.9. The fourth-order valence-corrected chi connectivity index (χ4v) is 4.82. The molecule has 4 rings (SSSR count). The molecule has 3 heteroatoms. The second-order valence-corrected chi connectivity index (χ2v) is 7.22. The van der Waals surface area contributed by atoms with E-state index in [1.54, 1.807) is 6.07 Å². The number of hydrogen-bond acceptors (Lipinski definition) is 2. The van der Waals surface area contributed by atoms with E-state index in [4.69, 9.17) is 0 Å². The number of nitrogens with zero attached hydrogens (tertiary/aromatic N) is 2. The van der Waals surface area contributed by atoms with Gasteiger partial charge in [-0.2, -0.15) is 0 Å². The first-order valence-electron chi connectivity index (χ1n) is 8.46. The molecule has 1 aliphatic heterocycles. The lowest BCUT2D eigenvalue weighted by Gasteiger charge is -2.41. The topological polar surface area (TPSA) is 6.48 Å². The van der Waals surface area contributed by atoms with Crippen LogP contribution in [0.15, 0.2) is 18.2 Å². The molecule has 3 fully saturated rings. The molecule has 1 aromatic carbocycles. The Morgan fingerprint density at radius 2 is 1.86 bits per heavy atom. The second-order valence-electron chi connectivity index (χ2n) is 7.22. The van der Waals surface area contributed by atoms with E-state index in [1.807, 2.05) is 19.1 Å². The molecule has 3 aliphatic rings. The van der Waals surface area contributed by atoms with Crippen LogP contribution in [0.4, 0.5) is 10.1 Å². The Morgan fingerprint density at radius 3 is 2.48 bits per heavy atom. The molecule has 2 saturated carbocycles. The van der Waals surface area contributed by atoms with Gasteiger partial charge in [0.2, 0.25) is 0 Å². The number of aryl methyl sites for hydroxylation is 1. The summed E-state index contributed by atoms with van der Waals surface area (Å²) in [5.74, 6) is 1.90. The minimum atomic E-state index is -0.0663. The normalized spacial score (nSPS) is 32.9. The molecule has 0 spiro atoms. The third-order valence-electron chi connectivity index (χ3n) is 5.93. The Balaban J connectivity index is 1.40. The van der Waals surface area contributed by atoms with Gasteiger partial charge in [-0.25, -0.2) is 4.39 Å². The maximum atomic E-state index is 14.1. The summed E-state index contributed by atoms with van der Waals surface area (Å²) in [5.41, 5.74) is 1.78. The molecule has 0 N–H and O–H groups in total. The first-order chi connectivity index (χ1) is 10.2. The van der Waals surface area contributed by atoms with Gasteiger partial charge < -0.3 is 4.90 Å². The molecule has 1 aromatic rings. The van der Waals surface area contributed by atoms with E-state index in [-0.39, 0.29) is 5.82 Å². The van der Waals surface area contributed by atoms with Gasteiger partial charge in [-0.3, -0.25) is 4.90 Å². The van der Waals surface area contributed by atoms with E-state index >= 15 is 0 Å². The highest BCUT2D eigenvalue weighted by atomic mass is 19.1. The molecular formula is C18H25FN2. The predicted octanol–water partition coefficient (Wildman–Crippen LogP) is 3.44. The van der Waals surface area contributed by atoms with Crippen LogP contribution in [0, 0.1) is 24.6 Å². The van der Waals surface area contributed by atoms with Crippen molar-refractivity contribution in [1.29, 1.82) is 0 Å². The quantitative estimate of drug-likeness (QED) is 0.822. The highest BCUT2D eigenvalue weighted by Gasteiger charge is 2.42. The maximum absolute atomic E-state index is 14.1. The van der Waals surface area contributed by atoms with E-state index in [0.29, 0.717) is 0 Å². The summed E-state index contributed by atoms with van der Waals surface area (Å²) < 4.78 is 14.1. The molecule has 2 nitrogen and oxygen atoms in total. The molecule has 1 heterocycles. The lowest BCUT2D eigenvalue weighted by atomic mass is 9.93. The molecule has 114 valence electrons. The molecule has 3 atom stereocenters. The van der Waals surface area contributed by atoms with Gasteiger partial charge in [-0.1, -0.05) is 12.5 Å². The van der Waals surface area contributed by atoms with E-state index in [2.05, 4.69) is 9.80 Å². The molecular weight excluding hydrogens is 263 g/mol. The van der Waals surface area contributed by atoms with Crippen molar-refractivity contribution in [1.82, 2.24) is 4.90 Å². The number of piperazine rings is 1. The van der Waals surface area contributed by atoms with Crippen molar-refractivity contribution in [3.8, 4) is 0 Å². The summed E-state index contributed by atoms with van der Waals surface area (Å²) in [7, 11) is 0. The van der Waals surface area contributed by atoms with Crippen LogP contribution in [-0.2, 0) is 0 Å². The number of anilines is 1. The van der Waals surface area contributed by atoms with Gasteiger partial charge >= 0.3 is 0 Å². The molecule has 2 aliphatic carbocycles. The Morgan fingerprint density at radius 1 is 1.05 bits per heavy atom. The number of fused-ring (bicyclic) bond motifs is 2. The predicted molar refractivity (Wildman–Crippen MR) is 84.2 cm³/mol. The maximum Gasteiger partial charge on any atom is 0.146 e. The Hall–Kier alpha value is -1.09. The molecule has 0 amide bonds. The van der Waals surface area contributed by atoms with Crippen molar-refractivity contribution in [2.75, 3.05) is 31.1 Å². The van der Waals surface area contributed by atoms with Crippen LogP contribution in [0.25, 0.3) is 0 Å². The average Bonchev–Trinajstić information content (AvgIpc) is 3.10. The smallest absolute Gasteiger partial charge is 0.146 e. The van der Waals surface area contributed by atoms with Crippen molar-refractivity contribution < 1.29 is 4.39 Å². The van der Waals surface area contributed by atoms with Crippen molar-refractivity contribution in [3.05, 3.63) is 29.6 Å². The van der Waals surface area contributed by atoms with Gasteiger partial charge in [-0.15, -0.1) is 0 Å². The van der Waals surface area contributed by atoms with Crippen LogP contribution in [0.5, 0.6) is 0 Å². The zero-order chi connectivity index (χ0) is 14.4. The molecule has 3 unspecified atom stereocenters. The summed E-state index contributed by atoms with van der Waals surface area (Å²) in [5, 5.41) is 0. The number of hydrogen-bond donors (Lipinski definition) is 0. The van der Waals surface area contributed by atoms with Crippen LogP contribution < -0.4 is 4.90 Å². The van der Waals surface area contributed by atoms with Crippen molar-refractivity contribution in [2.24, 2.45) is 11.8 Å². The number of rotatable bonds is 2. The van der Waals surface area contributed by atoms with E-state index in [0.717, 1.165) is 55.3 Å². The van der Waals surface area contributed by atoms with Gasteiger partial charge in [-0.05, 0) is 55.7 Å². The van der Waals surface area contributed by atoms with Crippen LogP contribution in [0.2, 0.25) is 0 Å². The summed E-state index contributed by atoms with van der Waals surface area (Å²) in [6.07, 6.45) is 5.80. The molecule has 21 heavy (non-hydrogen) atoms. The lowest BCUT2D eigenvalue weighted by Crippen LogP contribution is -2.52. The Bertz CT molecular complexity index is 522. The van der Waals surface area contributed by atoms with E-state index < -0.39 is 0 Å². The van der Waals surface area contributed by atoms with Gasteiger partial charge in [0.15, 0.2) is 0 Å².